The normalized spacial score (nSPS) is 11.1. The summed E-state index contributed by atoms with van der Waals surface area (Å²) >= 11 is 7.94. The van der Waals surface area contributed by atoms with Crippen molar-refractivity contribution in [2.24, 2.45) is 0 Å². The molecule has 1 heterocycles. The number of rotatable bonds is 6. The summed E-state index contributed by atoms with van der Waals surface area (Å²) in [6.45, 7) is 2.91. The Morgan fingerprint density at radius 3 is 2.55 bits per heavy atom. The molecule has 0 aliphatic rings. The number of benzene rings is 3. The first-order valence-corrected chi connectivity index (χ1v) is 10.6. The van der Waals surface area contributed by atoms with Crippen LogP contribution in [0.1, 0.15) is 28.5 Å². The smallest absolute Gasteiger partial charge is 0.335 e. The van der Waals surface area contributed by atoms with Crippen LogP contribution < -0.4 is 0 Å². The van der Waals surface area contributed by atoms with Gasteiger partial charge in [0.2, 0.25) is 0 Å². The third kappa shape index (κ3) is 4.04. The van der Waals surface area contributed by atoms with Crippen LogP contribution in [0.5, 0.6) is 0 Å². The van der Waals surface area contributed by atoms with Crippen molar-refractivity contribution in [3.63, 3.8) is 0 Å². The molecule has 0 radical (unpaired) electrons. The van der Waals surface area contributed by atoms with Gasteiger partial charge in [0.1, 0.15) is 0 Å². The van der Waals surface area contributed by atoms with Crippen molar-refractivity contribution in [3.8, 4) is 0 Å². The van der Waals surface area contributed by atoms with Crippen molar-refractivity contribution in [1.29, 1.82) is 0 Å². The number of hydrogen-bond acceptors (Lipinski definition) is 2. The summed E-state index contributed by atoms with van der Waals surface area (Å²) in [4.78, 5) is 13.4. The largest absolute Gasteiger partial charge is 0.478 e. The number of aromatic nitrogens is 1. The summed E-state index contributed by atoms with van der Waals surface area (Å²) in [6, 6.07) is 23.4. The highest BCUT2D eigenvalue weighted by Crippen LogP contribution is 2.40. The zero-order chi connectivity index (χ0) is 20.4. The van der Waals surface area contributed by atoms with Crippen molar-refractivity contribution in [2.45, 2.75) is 29.7 Å². The second-order valence-corrected chi connectivity index (χ2v) is 8.32. The lowest BCUT2D eigenvalue weighted by Crippen LogP contribution is -2.04. The molecule has 0 fully saturated rings. The molecule has 29 heavy (non-hydrogen) atoms. The quantitative estimate of drug-likeness (QED) is 0.374. The number of carboxylic acid groups (broad SMARTS) is 1. The minimum atomic E-state index is -0.915. The molecule has 0 saturated heterocycles. The van der Waals surface area contributed by atoms with E-state index in [1.54, 1.807) is 30.0 Å². The summed E-state index contributed by atoms with van der Waals surface area (Å²) in [5, 5.41) is 11.2. The standard InChI is InChI=1S/C24H20ClNO2S/c1-2-21-23(29-19-10-6-9-17(13-19)24(27)28)20-12-11-18(25)14-22(20)26(21)15-16-7-4-3-5-8-16/h3-14H,2,15H2,1H3,(H,27,28). The van der Waals surface area contributed by atoms with E-state index in [1.165, 1.54) is 11.3 Å². The van der Waals surface area contributed by atoms with Gasteiger partial charge in [-0.05, 0) is 42.3 Å². The maximum Gasteiger partial charge on any atom is 0.335 e. The molecule has 1 N–H and O–H groups in total. The van der Waals surface area contributed by atoms with Crippen LogP contribution in [0.4, 0.5) is 0 Å². The lowest BCUT2D eigenvalue weighted by atomic mass is 10.2. The molecular formula is C24H20ClNO2S. The van der Waals surface area contributed by atoms with Gasteiger partial charge in [-0.3, -0.25) is 0 Å². The third-order valence-electron chi connectivity index (χ3n) is 4.90. The Bertz CT molecular complexity index is 1180. The number of fused-ring (bicyclic) bond motifs is 1. The molecule has 3 aromatic carbocycles. The minimum absolute atomic E-state index is 0.295. The van der Waals surface area contributed by atoms with Crippen LogP contribution in [0, 0.1) is 0 Å². The van der Waals surface area contributed by atoms with E-state index >= 15 is 0 Å². The van der Waals surface area contributed by atoms with Crippen molar-refractivity contribution in [1.82, 2.24) is 4.57 Å². The maximum absolute atomic E-state index is 11.4. The van der Waals surface area contributed by atoms with Gasteiger partial charge in [0.15, 0.2) is 0 Å². The Kier molecular flexibility index (Phi) is 5.65. The maximum atomic E-state index is 11.4. The number of halogens is 1. The van der Waals surface area contributed by atoms with Crippen LogP contribution in [0.2, 0.25) is 5.02 Å². The van der Waals surface area contributed by atoms with Gasteiger partial charge in [-0.25, -0.2) is 4.79 Å². The molecule has 5 heteroatoms. The number of hydrogen-bond donors (Lipinski definition) is 1. The first kappa shape index (κ1) is 19.6. The Hall–Kier alpha value is -2.69. The fourth-order valence-corrected chi connectivity index (χ4v) is 4.96. The number of nitrogens with zero attached hydrogens (tertiary/aromatic N) is 1. The Morgan fingerprint density at radius 2 is 1.83 bits per heavy atom. The zero-order valence-corrected chi connectivity index (χ0v) is 17.5. The lowest BCUT2D eigenvalue weighted by molar-refractivity contribution is 0.0696. The van der Waals surface area contributed by atoms with Gasteiger partial charge in [0, 0.05) is 32.4 Å². The Morgan fingerprint density at radius 1 is 1.03 bits per heavy atom. The Labute approximate surface area is 178 Å². The summed E-state index contributed by atoms with van der Waals surface area (Å²) in [5.74, 6) is -0.915. The molecule has 0 amide bonds. The molecule has 0 atom stereocenters. The highest BCUT2D eigenvalue weighted by molar-refractivity contribution is 7.99. The van der Waals surface area contributed by atoms with E-state index in [2.05, 4.69) is 29.7 Å². The fraction of sp³-hybridized carbons (Fsp3) is 0.125. The van der Waals surface area contributed by atoms with Gasteiger partial charge in [-0.2, -0.15) is 0 Å². The predicted octanol–water partition coefficient (Wildman–Crippen LogP) is 6.75. The summed E-state index contributed by atoms with van der Waals surface area (Å²) in [5.41, 5.74) is 3.83. The molecule has 0 aliphatic heterocycles. The molecule has 1 aromatic heterocycles. The fourth-order valence-electron chi connectivity index (χ4n) is 3.57. The van der Waals surface area contributed by atoms with E-state index < -0.39 is 5.97 Å². The molecule has 146 valence electrons. The average Bonchev–Trinajstić information content (AvgIpc) is 3.00. The topological polar surface area (TPSA) is 42.2 Å². The van der Waals surface area contributed by atoms with Crippen LogP contribution in [0.25, 0.3) is 10.9 Å². The molecule has 3 nitrogen and oxygen atoms in total. The van der Waals surface area contributed by atoms with Crippen LogP contribution >= 0.6 is 23.4 Å². The van der Waals surface area contributed by atoms with Gasteiger partial charge < -0.3 is 9.67 Å². The molecule has 4 rings (SSSR count). The van der Waals surface area contributed by atoms with Gasteiger partial charge in [-0.15, -0.1) is 0 Å². The summed E-state index contributed by atoms with van der Waals surface area (Å²) in [7, 11) is 0. The van der Waals surface area contributed by atoms with E-state index in [4.69, 9.17) is 11.6 Å². The first-order valence-electron chi connectivity index (χ1n) is 9.42. The summed E-state index contributed by atoms with van der Waals surface area (Å²) in [6.07, 6.45) is 0.861. The van der Waals surface area contributed by atoms with Gasteiger partial charge in [0.05, 0.1) is 11.1 Å². The van der Waals surface area contributed by atoms with E-state index in [0.717, 1.165) is 33.7 Å². The van der Waals surface area contributed by atoms with E-state index in [1.807, 2.05) is 36.4 Å². The average molecular weight is 422 g/mol. The molecule has 0 saturated carbocycles. The van der Waals surface area contributed by atoms with Crippen molar-refractivity contribution in [3.05, 3.63) is 94.6 Å². The second kappa shape index (κ2) is 8.36. The summed E-state index contributed by atoms with van der Waals surface area (Å²) < 4.78 is 2.32. The van der Waals surface area contributed by atoms with Crippen LogP contribution in [-0.2, 0) is 13.0 Å². The van der Waals surface area contributed by atoms with E-state index in [0.29, 0.717) is 10.6 Å². The van der Waals surface area contributed by atoms with E-state index in [-0.39, 0.29) is 0 Å². The number of aromatic carboxylic acids is 1. The van der Waals surface area contributed by atoms with Crippen molar-refractivity contribution in [2.75, 3.05) is 0 Å². The van der Waals surface area contributed by atoms with Gasteiger partial charge in [-0.1, -0.05) is 72.8 Å². The Balaban J connectivity index is 1.85. The molecular weight excluding hydrogens is 402 g/mol. The minimum Gasteiger partial charge on any atom is -0.478 e. The number of carbonyl (C=O) groups is 1. The van der Waals surface area contributed by atoms with Crippen LogP contribution in [0.15, 0.2) is 82.6 Å². The van der Waals surface area contributed by atoms with Crippen LogP contribution in [-0.4, -0.2) is 15.6 Å². The first-order chi connectivity index (χ1) is 14.1. The van der Waals surface area contributed by atoms with Crippen molar-refractivity contribution >= 4 is 40.2 Å². The monoisotopic (exact) mass is 421 g/mol. The van der Waals surface area contributed by atoms with Gasteiger partial charge >= 0.3 is 5.97 Å². The second-order valence-electron chi connectivity index (χ2n) is 6.80. The van der Waals surface area contributed by atoms with Gasteiger partial charge in [0.25, 0.3) is 0 Å². The van der Waals surface area contributed by atoms with E-state index in [9.17, 15) is 9.90 Å². The SMILES string of the molecule is CCc1c(Sc2cccc(C(=O)O)c2)c2ccc(Cl)cc2n1Cc1ccccc1. The molecule has 0 bridgehead atoms. The number of carboxylic acids is 1. The van der Waals surface area contributed by atoms with Crippen molar-refractivity contribution < 1.29 is 9.90 Å². The molecule has 0 unspecified atom stereocenters. The lowest BCUT2D eigenvalue weighted by Gasteiger charge is -2.11. The predicted molar refractivity (Wildman–Crippen MR) is 119 cm³/mol. The highest BCUT2D eigenvalue weighted by atomic mass is 35.5. The molecule has 0 spiro atoms. The highest BCUT2D eigenvalue weighted by Gasteiger charge is 2.18. The third-order valence-corrected chi connectivity index (χ3v) is 6.29. The van der Waals surface area contributed by atoms with Crippen LogP contribution in [0.3, 0.4) is 0 Å². The zero-order valence-electron chi connectivity index (χ0n) is 15.9. The molecule has 0 aliphatic carbocycles. The molecule has 4 aromatic rings.